The zero-order valence-corrected chi connectivity index (χ0v) is 12.9. The molecule has 3 rings (SSSR count). The predicted molar refractivity (Wildman–Crippen MR) is 86.8 cm³/mol. The Hall–Kier alpha value is -2.36. The second-order valence-corrected chi connectivity index (χ2v) is 5.74. The van der Waals surface area contributed by atoms with Gasteiger partial charge in [-0.15, -0.1) is 0 Å². The average molecular weight is 296 g/mol. The minimum atomic E-state index is -0.0259. The van der Waals surface area contributed by atoms with E-state index in [1.807, 2.05) is 36.5 Å². The van der Waals surface area contributed by atoms with Crippen LogP contribution in [-0.4, -0.2) is 19.0 Å². The molecule has 1 aliphatic rings. The molecular weight excluding hydrogens is 274 g/mol. The van der Waals surface area contributed by atoms with Gasteiger partial charge in [0.1, 0.15) is 5.56 Å². The van der Waals surface area contributed by atoms with Crippen molar-refractivity contribution in [3.63, 3.8) is 0 Å². The number of anilines is 1. The highest BCUT2D eigenvalue weighted by atomic mass is 16.1. The van der Waals surface area contributed by atoms with Crippen molar-refractivity contribution in [2.75, 3.05) is 18.0 Å². The molecule has 2 N–H and O–H groups in total. The van der Waals surface area contributed by atoms with E-state index in [0.717, 1.165) is 30.0 Å². The van der Waals surface area contributed by atoms with Crippen LogP contribution in [0.4, 0.5) is 5.82 Å². The first-order chi connectivity index (χ1) is 10.8. The lowest BCUT2D eigenvalue weighted by molar-refractivity contribution is -0.364. The largest absolute Gasteiger partial charge is 0.348 e. The second-order valence-electron chi connectivity index (χ2n) is 5.74. The maximum atomic E-state index is 12.5. The van der Waals surface area contributed by atoms with Gasteiger partial charge >= 0.3 is 0 Å². The molecule has 1 aromatic carbocycles. The molecule has 0 atom stereocenters. The Morgan fingerprint density at radius 1 is 1.18 bits per heavy atom. The maximum absolute atomic E-state index is 12.5. The Bertz CT molecular complexity index is 663. The van der Waals surface area contributed by atoms with E-state index in [0.29, 0.717) is 6.54 Å². The molecule has 1 aliphatic heterocycles. The fourth-order valence-corrected chi connectivity index (χ4v) is 2.89. The lowest BCUT2D eigenvalue weighted by Gasteiger charge is -2.13. The number of hydrogen-bond donors (Lipinski definition) is 1. The number of aromatic amines is 1. The van der Waals surface area contributed by atoms with Gasteiger partial charge in [-0.3, -0.25) is 9.69 Å². The van der Waals surface area contributed by atoms with Crippen LogP contribution in [0.1, 0.15) is 34.3 Å². The van der Waals surface area contributed by atoms with Crippen LogP contribution in [0.25, 0.3) is 0 Å². The third kappa shape index (κ3) is 3.11. The predicted octanol–water partition coefficient (Wildman–Crippen LogP) is 2.34. The van der Waals surface area contributed by atoms with Gasteiger partial charge in [-0.1, -0.05) is 24.3 Å². The van der Waals surface area contributed by atoms with Crippen molar-refractivity contribution in [1.29, 1.82) is 0 Å². The van der Waals surface area contributed by atoms with Crippen LogP contribution >= 0.6 is 0 Å². The van der Waals surface area contributed by atoms with Gasteiger partial charge in [0.2, 0.25) is 0 Å². The van der Waals surface area contributed by atoms with E-state index in [4.69, 9.17) is 0 Å². The lowest BCUT2D eigenvalue weighted by atomic mass is 10.1. The van der Waals surface area contributed by atoms with Crippen LogP contribution in [-0.2, 0) is 6.54 Å². The standard InChI is InChI=1S/C18H21N3O/c1-14-7-2-3-8-15(14)13-20-18(22)16-9-6-10-19-17(16)21-11-4-5-12-21/h2-3,6-10H,4-5,11-13H2,1H3,(H,20,22)/p+1. The maximum Gasteiger partial charge on any atom is 0.287 e. The highest BCUT2D eigenvalue weighted by Gasteiger charge is 2.26. The van der Waals surface area contributed by atoms with Crippen molar-refractivity contribution >= 4 is 11.7 Å². The summed E-state index contributed by atoms with van der Waals surface area (Å²) in [6.45, 7) is 4.64. The zero-order chi connectivity index (χ0) is 15.4. The summed E-state index contributed by atoms with van der Waals surface area (Å²) in [6, 6.07) is 11.9. The van der Waals surface area contributed by atoms with E-state index in [2.05, 4.69) is 28.2 Å². The summed E-state index contributed by atoms with van der Waals surface area (Å²) < 4.78 is 0. The number of amides is 1. The molecule has 2 heterocycles. The lowest BCUT2D eigenvalue weighted by Crippen LogP contribution is -2.32. The molecule has 0 radical (unpaired) electrons. The SMILES string of the molecule is Cc1ccccc1CNC(=O)c1ccc[nH+]c1N1CCCC1. The molecule has 1 aromatic heterocycles. The normalized spacial score (nSPS) is 14.1. The monoisotopic (exact) mass is 296 g/mol. The highest BCUT2D eigenvalue weighted by molar-refractivity contribution is 5.98. The Balaban J connectivity index is 1.74. The van der Waals surface area contributed by atoms with Crippen molar-refractivity contribution < 1.29 is 9.78 Å². The highest BCUT2D eigenvalue weighted by Crippen LogP contribution is 2.19. The molecular formula is C18H22N3O+. The number of nitrogens with zero attached hydrogens (tertiary/aromatic N) is 1. The third-order valence-corrected chi connectivity index (χ3v) is 4.20. The molecule has 4 heteroatoms. The number of benzene rings is 1. The van der Waals surface area contributed by atoms with Crippen molar-refractivity contribution in [3.05, 3.63) is 59.3 Å². The van der Waals surface area contributed by atoms with Gasteiger partial charge in [-0.2, -0.15) is 0 Å². The van der Waals surface area contributed by atoms with Crippen LogP contribution in [0.3, 0.4) is 0 Å². The van der Waals surface area contributed by atoms with E-state index in [-0.39, 0.29) is 5.91 Å². The number of rotatable bonds is 4. The van der Waals surface area contributed by atoms with Gasteiger partial charge in [-0.05, 0) is 43.0 Å². The molecule has 0 unspecified atom stereocenters. The molecule has 22 heavy (non-hydrogen) atoms. The van der Waals surface area contributed by atoms with E-state index in [1.165, 1.54) is 18.4 Å². The second kappa shape index (κ2) is 6.60. The van der Waals surface area contributed by atoms with Gasteiger partial charge in [-0.25, -0.2) is 4.98 Å². The fraction of sp³-hybridized carbons (Fsp3) is 0.333. The zero-order valence-electron chi connectivity index (χ0n) is 12.9. The number of aromatic nitrogens is 1. The van der Waals surface area contributed by atoms with Crippen LogP contribution in [0.2, 0.25) is 0 Å². The van der Waals surface area contributed by atoms with E-state index in [1.54, 1.807) is 0 Å². The summed E-state index contributed by atoms with van der Waals surface area (Å²) in [5.41, 5.74) is 3.07. The molecule has 0 saturated carbocycles. The summed E-state index contributed by atoms with van der Waals surface area (Å²) in [7, 11) is 0. The summed E-state index contributed by atoms with van der Waals surface area (Å²) in [4.78, 5) is 18.0. The van der Waals surface area contributed by atoms with E-state index >= 15 is 0 Å². The summed E-state index contributed by atoms with van der Waals surface area (Å²) in [5.74, 6) is 0.907. The summed E-state index contributed by atoms with van der Waals surface area (Å²) in [6.07, 6.45) is 4.26. The van der Waals surface area contributed by atoms with Gasteiger partial charge in [0.05, 0.1) is 19.3 Å². The number of hydrogen-bond acceptors (Lipinski definition) is 2. The molecule has 4 nitrogen and oxygen atoms in total. The van der Waals surface area contributed by atoms with Gasteiger partial charge in [0, 0.05) is 6.54 Å². The fourth-order valence-electron chi connectivity index (χ4n) is 2.89. The van der Waals surface area contributed by atoms with Crippen molar-refractivity contribution in [1.82, 2.24) is 5.32 Å². The van der Waals surface area contributed by atoms with E-state index < -0.39 is 0 Å². The number of carbonyl (C=O) groups is 1. The number of pyridine rings is 1. The average Bonchev–Trinajstić information content (AvgIpc) is 3.08. The number of H-pyrrole nitrogens is 1. The first kappa shape index (κ1) is 14.6. The molecule has 0 aliphatic carbocycles. The van der Waals surface area contributed by atoms with Crippen molar-refractivity contribution in [3.8, 4) is 0 Å². The summed E-state index contributed by atoms with van der Waals surface area (Å²) >= 11 is 0. The van der Waals surface area contributed by atoms with Crippen LogP contribution in [0.5, 0.6) is 0 Å². The first-order valence-corrected chi connectivity index (χ1v) is 7.84. The van der Waals surface area contributed by atoms with Gasteiger partial charge in [0.15, 0.2) is 0 Å². The molecule has 1 amide bonds. The van der Waals surface area contributed by atoms with Crippen LogP contribution < -0.4 is 15.2 Å². The molecule has 2 aromatic rings. The Kier molecular flexibility index (Phi) is 4.37. The van der Waals surface area contributed by atoms with Crippen molar-refractivity contribution in [2.24, 2.45) is 0 Å². The molecule has 114 valence electrons. The quantitative estimate of drug-likeness (QED) is 0.941. The van der Waals surface area contributed by atoms with Crippen LogP contribution in [0.15, 0.2) is 42.6 Å². The number of carbonyl (C=O) groups excluding carboxylic acids is 1. The van der Waals surface area contributed by atoms with Crippen molar-refractivity contribution in [2.45, 2.75) is 26.3 Å². The molecule has 1 saturated heterocycles. The van der Waals surface area contributed by atoms with Crippen LogP contribution in [0, 0.1) is 6.92 Å². The number of aryl methyl sites for hydroxylation is 1. The van der Waals surface area contributed by atoms with Gasteiger partial charge in [0.25, 0.3) is 11.7 Å². The first-order valence-electron chi connectivity index (χ1n) is 7.84. The smallest absolute Gasteiger partial charge is 0.287 e. The topological polar surface area (TPSA) is 46.5 Å². The Morgan fingerprint density at radius 3 is 2.73 bits per heavy atom. The molecule has 0 bridgehead atoms. The van der Waals surface area contributed by atoms with Gasteiger partial charge < -0.3 is 5.32 Å². The minimum absolute atomic E-state index is 0.0259. The Morgan fingerprint density at radius 2 is 1.95 bits per heavy atom. The Labute approximate surface area is 131 Å². The third-order valence-electron chi connectivity index (χ3n) is 4.20. The van der Waals surface area contributed by atoms with E-state index in [9.17, 15) is 4.79 Å². The molecule has 1 fully saturated rings. The summed E-state index contributed by atoms with van der Waals surface area (Å²) in [5, 5.41) is 3.03. The minimum Gasteiger partial charge on any atom is -0.348 e. The number of nitrogens with one attached hydrogen (secondary N) is 2. The molecule has 0 spiro atoms.